The van der Waals surface area contributed by atoms with Gasteiger partial charge in [-0.2, -0.15) is 0 Å². The van der Waals surface area contributed by atoms with E-state index in [0.29, 0.717) is 18.9 Å². The summed E-state index contributed by atoms with van der Waals surface area (Å²) in [5.74, 6) is 0.371. The van der Waals surface area contributed by atoms with Crippen LogP contribution in [0.4, 0.5) is 10.5 Å². The molecule has 0 bridgehead atoms. The zero-order chi connectivity index (χ0) is 18.4. The fourth-order valence-corrected chi connectivity index (χ4v) is 4.12. The molecule has 5 nitrogen and oxygen atoms in total. The molecule has 2 atom stereocenters. The second-order valence-electron chi connectivity index (χ2n) is 8.54. The fraction of sp³-hybridized carbons (Fsp3) is 0.600. The van der Waals surface area contributed by atoms with Crippen molar-refractivity contribution in [3.05, 3.63) is 29.8 Å². The molecule has 1 spiro atoms. The van der Waals surface area contributed by atoms with Gasteiger partial charge in [0.1, 0.15) is 5.60 Å². The van der Waals surface area contributed by atoms with Crippen LogP contribution in [-0.4, -0.2) is 35.1 Å². The minimum absolute atomic E-state index is 0.00501. The minimum atomic E-state index is -0.669. The van der Waals surface area contributed by atoms with Crippen molar-refractivity contribution in [2.24, 2.45) is 5.92 Å². The molecule has 2 aliphatic heterocycles. The third kappa shape index (κ3) is 3.00. The van der Waals surface area contributed by atoms with Crippen molar-refractivity contribution in [1.29, 1.82) is 0 Å². The van der Waals surface area contributed by atoms with E-state index in [1.54, 1.807) is 4.90 Å². The van der Waals surface area contributed by atoms with Crippen LogP contribution >= 0.6 is 0 Å². The quantitative estimate of drug-likeness (QED) is 0.884. The molecule has 0 aromatic heterocycles. The lowest BCUT2D eigenvalue weighted by molar-refractivity contribution is -0.121. The average molecular weight is 344 g/mol. The number of likely N-dealkylation sites (tertiary alicyclic amines) is 1. The lowest BCUT2D eigenvalue weighted by atomic mass is 9.72. The van der Waals surface area contributed by atoms with Crippen LogP contribution in [0.5, 0.6) is 0 Å². The molecule has 2 amide bonds. The van der Waals surface area contributed by atoms with Crippen LogP contribution in [0.15, 0.2) is 24.3 Å². The molecule has 5 heteroatoms. The van der Waals surface area contributed by atoms with Crippen LogP contribution in [0.25, 0.3) is 0 Å². The van der Waals surface area contributed by atoms with Crippen molar-refractivity contribution < 1.29 is 14.3 Å². The molecule has 2 heterocycles. The van der Waals surface area contributed by atoms with E-state index < -0.39 is 11.0 Å². The number of nitrogens with zero attached hydrogens (tertiary/aromatic N) is 1. The first-order chi connectivity index (χ1) is 11.6. The van der Waals surface area contributed by atoms with E-state index in [1.165, 1.54) is 0 Å². The average Bonchev–Trinajstić information content (AvgIpc) is 2.98. The van der Waals surface area contributed by atoms with Crippen molar-refractivity contribution in [3.8, 4) is 0 Å². The van der Waals surface area contributed by atoms with Gasteiger partial charge in [-0.25, -0.2) is 4.79 Å². The molecule has 0 saturated carbocycles. The van der Waals surface area contributed by atoms with Gasteiger partial charge in [0.25, 0.3) is 0 Å². The lowest BCUT2D eigenvalue weighted by Gasteiger charge is -2.35. The van der Waals surface area contributed by atoms with Gasteiger partial charge in [-0.05, 0) is 51.2 Å². The summed E-state index contributed by atoms with van der Waals surface area (Å²) in [6.07, 6.45) is 1.07. The van der Waals surface area contributed by atoms with Gasteiger partial charge in [0.2, 0.25) is 5.91 Å². The molecule has 0 aliphatic carbocycles. The second kappa shape index (κ2) is 6.04. The smallest absolute Gasteiger partial charge is 0.410 e. The number of anilines is 1. The standard InChI is InChI=1S/C20H28N2O3/c1-13(2)12-16-20(10-11-22(16)18(24)25-19(3,4)5)14-8-6-7-9-15(14)21-17(20)23/h6-9,13,16H,10-12H2,1-5H3,(H,21,23)/t16-,20-/m1/s1. The Morgan fingerprint density at radius 3 is 2.68 bits per heavy atom. The van der Waals surface area contributed by atoms with Crippen LogP contribution in [0.3, 0.4) is 0 Å². The highest BCUT2D eigenvalue weighted by molar-refractivity contribution is 6.07. The van der Waals surface area contributed by atoms with Crippen molar-refractivity contribution in [3.63, 3.8) is 0 Å². The molecular weight excluding hydrogens is 316 g/mol. The maximum absolute atomic E-state index is 13.0. The van der Waals surface area contributed by atoms with Crippen LogP contribution in [0.2, 0.25) is 0 Å². The maximum Gasteiger partial charge on any atom is 0.410 e. The van der Waals surface area contributed by atoms with Crippen molar-refractivity contribution in [2.75, 3.05) is 11.9 Å². The molecular formula is C20H28N2O3. The van der Waals surface area contributed by atoms with Gasteiger partial charge in [-0.1, -0.05) is 32.0 Å². The number of carbonyl (C=O) groups is 2. The molecule has 25 heavy (non-hydrogen) atoms. The van der Waals surface area contributed by atoms with Gasteiger partial charge >= 0.3 is 6.09 Å². The minimum Gasteiger partial charge on any atom is -0.444 e. The number of hydrogen-bond acceptors (Lipinski definition) is 3. The number of carbonyl (C=O) groups excluding carboxylic acids is 2. The molecule has 1 fully saturated rings. The van der Waals surface area contributed by atoms with Crippen molar-refractivity contribution >= 4 is 17.7 Å². The first-order valence-electron chi connectivity index (χ1n) is 9.06. The van der Waals surface area contributed by atoms with E-state index in [0.717, 1.165) is 17.7 Å². The number of para-hydroxylation sites is 1. The van der Waals surface area contributed by atoms with Crippen LogP contribution < -0.4 is 5.32 Å². The maximum atomic E-state index is 13.0. The Bertz CT molecular complexity index is 692. The summed E-state index contributed by atoms with van der Waals surface area (Å²) < 4.78 is 5.61. The van der Waals surface area contributed by atoms with Crippen molar-refractivity contribution in [1.82, 2.24) is 4.90 Å². The van der Waals surface area contributed by atoms with Gasteiger partial charge in [-0.3, -0.25) is 4.79 Å². The Labute approximate surface area is 149 Å². The van der Waals surface area contributed by atoms with E-state index in [2.05, 4.69) is 19.2 Å². The highest BCUT2D eigenvalue weighted by Crippen LogP contribution is 2.49. The predicted octanol–water partition coefficient (Wildman–Crippen LogP) is 3.93. The van der Waals surface area contributed by atoms with Gasteiger partial charge < -0.3 is 15.0 Å². The van der Waals surface area contributed by atoms with Gasteiger partial charge in [0, 0.05) is 12.2 Å². The van der Waals surface area contributed by atoms with Gasteiger partial charge in [0.15, 0.2) is 0 Å². The third-order valence-corrected chi connectivity index (χ3v) is 5.08. The molecule has 0 radical (unpaired) electrons. The zero-order valence-corrected chi connectivity index (χ0v) is 15.8. The Kier molecular flexibility index (Phi) is 4.30. The molecule has 1 aromatic carbocycles. The molecule has 1 saturated heterocycles. The Hall–Kier alpha value is -2.04. The van der Waals surface area contributed by atoms with E-state index in [-0.39, 0.29) is 18.0 Å². The van der Waals surface area contributed by atoms with Crippen LogP contribution in [0, 0.1) is 5.92 Å². The predicted molar refractivity (Wildman–Crippen MR) is 97.5 cm³/mol. The van der Waals surface area contributed by atoms with E-state index in [4.69, 9.17) is 4.74 Å². The SMILES string of the molecule is CC(C)C[C@H]1N(C(=O)OC(C)(C)C)CC[C@]12C(=O)Nc1ccccc12. The highest BCUT2D eigenvalue weighted by Gasteiger charge is 2.59. The number of benzene rings is 1. The fourth-order valence-electron chi connectivity index (χ4n) is 4.12. The first kappa shape index (κ1) is 17.8. The van der Waals surface area contributed by atoms with Crippen LogP contribution in [-0.2, 0) is 14.9 Å². The summed E-state index contributed by atoms with van der Waals surface area (Å²) >= 11 is 0. The Morgan fingerprint density at radius 1 is 1.36 bits per heavy atom. The van der Waals surface area contributed by atoms with Crippen molar-refractivity contribution in [2.45, 2.75) is 64.5 Å². The largest absolute Gasteiger partial charge is 0.444 e. The van der Waals surface area contributed by atoms with Gasteiger partial charge in [0.05, 0.1) is 11.5 Å². The number of nitrogens with one attached hydrogen (secondary N) is 1. The summed E-state index contributed by atoms with van der Waals surface area (Å²) in [4.78, 5) is 27.6. The Morgan fingerprint density at radius 2 is 2.04 bits per heavy atom. The molecule has 3 rings (SSSR count). The van der Waals surface area contributed by atoms with E-state index >= 15 is 0 Å². The molecule has 2 aliphatic rings. The van der Waals surface area contributed by atoms with E-state index in [1.807, 2.05) is 45.0 Å². The highest BCUT2D eigenvalue weighted by atomic mass is 16.6. The molecule has 136 valence electrons. The summed E-state index contributed by atoms with van der Waals surface area (Å²) in [6, 6.07) is 7.65. The van der Waals surface area contributed by atoms with Crippen LogP contribution in [0.1, 0.15) is 53.0 Å². The monoisotopic (exact) mass is 344 g/mol. The number of rotatable bonds is 2. The second-order valence-corrected chi connectivity index (χ2v) is 8.54. The molecule has 1 aromatic rings. The third-order valence-electron chi connectivity index (χ3n) is 5.08. The number of amides is 2. The first-order valence-corrected chi connectivity index (χ1v) is 9.06. The zero-order valence-electron chi connectivity index (χ0n) is 15.8. The molecule has 1 N–H and O–H groups in total. The number of hydrogen-bond donors (Lipinski definition) is 1. The topological polar surface area (TPSA) is 58.6 Å². The lowest BCUT2D eigenvalue weighted by Crippen LogP contribution is -2.50. The number of fused-ring (bicyclic) bond motifs is 2. The van der Waals surface area contributed by atoms with E-state index in [9.17, 15) is 9.59 Å². The molecule has 0 unspecified atom stereocenters. The number of ether oxygens (including phenoxy) is 1. The summed E-state index contributed by atoms with van der Waals surface area (Å²) in [5, 5.41) is 3.02. The summed E-state index contributed by atoms with van der Waals surface area (Å²) in [7, 11) is 0. The Balaban J connectivity index is 2.01. The summed E-state index contributed by atoms with van der Waals surface area (Å²) in [5.41, 5.74) is 0.659. The normalized spacial score (nSPS) is 25.4. The van der Waals surface area contributed by atoms with Gasteiger partial charge in [-0.15, -0.1) is 0 Å². The summed E-state index contributed by atoms with van der Waals surface area (Å²) in [6.45, 7) is 10.4.